The lowest BCUT2D eigenvalue weighted by Gasteiger charge is -2.17. The number of nitriles is 1. The van der Waals surface area contributed by atoms with Crippen LogP contribution in [0, 0.1) is 32.1 Å². The molecule has 3 nitrogen and oxygen atoms in total. The van der Waals surface area contributed by atoms with Gasteiger partial charge in [0.2, 0.25) is 0 Å². The molecular formula is C13H18N2O. The molecule has 86 valence electrons. The molecule has 0 bridgehead atoms. The maximum atomic E-state index is 8.76. The van der Waals surface area contributed by atoms with Crippen molar-refractivity contribution in [3.63, 3.8) is 0 Å². The summed E-state index contributed by atoms with van der Waals surface area (Å²) in [6.07, 6.45) is 0.534. The summed E-state index contributed by atoms with van der Waals surface area (Å²) in [4.78, 5) is 0. The molecular weight excluding hydrogens is 200 g/mol. The first kappa shape index (κ1) is 12.5. The van der Waals surface area contributed by atoms with Gasteiger partial charge in [-0.05, 0) is 43.0 Å². The molecule has 0 fully saturated rings. The molecule has 0 aromatic heterocycles. The Morgan fingerprint density at radius 2 is 2.00 bits per heavy atom. The molecule has 1 unspecified atom stereocenters. The van der Waals surface area contributed by atoms with Gasteiger partial charge < -0.3 is 10.5 Å². The first-order valence-electron chi connectivity index (χ1n) is 5.30. The van der Waals surface area contributed by atoms with Crippen molar-refractivity contribution in [3.8, 4) is 11.8 Å². The van der Waals surface area contributed by atoms with Crippen molar-refractivity contribution in [3.05, 3.63) is 28.3 Å². The topological polar surface area (TPSA) is 59.0 Å². The van der Waals surface area contributed by atoms with Gasteiger partial charge in [-0.3, -0.25) is 0 Å². The van der Waals surface area contributed by atoms with E-state index in [2.05, 4.69) is 13.0 Å². The van der Waals surface area contributed by atoms with E-state index in [0.717, 1.165) is 22.4 Å². The van der Waals surface area contributed by atoms with Crippen molar-refractivity contribution in [2.24, 2.45) is 5.73 Å². The minimum absolute atomic E-state index is 0.477. The van der Waals surface area contributed by atoms with Gasteiger partial charge in [0, 0.05) is 6.42 Å². The smallest absolute Gasteiger partial charge is 0.125 e. The summed E-state index contributed by atoms with van der Waals surface area (Å²) in [5.41, 5.74) is 10.2. The lowest BCUT2D eigenvalue weighted by Crippen LogP contribution is -2.21. The molecule has 0 heterocycles. The Labute approximate surface area is 96.8 Å². The van der Waals surface area contributed by atoms with E-state index in [0.29, 0.717) is 6.42 Å². The largest absolute Gasteiger partial charge is 0.496 e. The monoisotopic (exact) mass is 218 g/mol. The Hall–Kier alpha value is -1.53. The average Bonchev–Trinajstić information content (AvgIpc) is 2.26. The second-order valence-electron chi connectivity index (χ2n) is 4.09. The highest BCUT2D eigenvalue weighted by Crippen LogP contribution is 2.30. The third kappa shape index (κ3) is 2.34. The van der Waals surface area contributed by atoms with Gasteiger partial charge >= 0.3 is 0 Å². The average molecular weight is 218 g/mol. The first-order chi connectivity index (χ1) is 7.51. The molecule has 1 aromatic carbocycles. The van der Waals surface area contributed by atoms with Gasteiger partial charge in [0.05, 0.1) is 19.2 Å². The second kappa shape index (κ2) is 5.00. The number of hydrogen-bond donors (Lipinski definition) is 1. The Morgan fingerprint density at radius 1 is 1.38 bits per heavy atom. The highest BCUT2D eigenvalue weighted by atomic mass is 16.5. The SMILES string of the molecule is COc1c(C)c(C)cc(C)c1CC(N)C#N. The zero-order valence-corrected chi connectivity index (χ0v) is 10.3. The number of methoxy groups -OCH3 is 1. The van der Waals surface area contributed by atoms with Crippen LogP contribution in [0.1, 0.15) is 22.3 Å². The molecule has 0 radical (unpaired) electrons. The van der Waals surface area contributed by atoms with Crippen LogP contribution < -0.4 is 10.5 Å². The van der Waals surface area contributed by atoms with Crippen LogP contribution in [0.4, 0.5) is 0 Å². The van der Waals surface area contributed by atoms with Crippen molar-refractivity contribution < 1.29 is 4.74 Å². The molecule has 0 amide bonds. The predicted octanol–water partition coefficient (Wildman–Crippen LogP) is 2.01. The third-order valence-electron chi connectivity index (χ3n) is 2.91. The van der Waals surface area contributed by atoms with Crippen LogP contribution in [-0.2, 0) is 6.42 Å². The minimum atomic E-state index is -0.477. The fourth-order valence-electron chi connectivity index (χ4n) is 1.90. The van der Waals surface area contributed by atoms with Crippen molar-refractivity contribution in [1.82, 2.24) is 0 Å². The van der Waals surface area contributed by atoms with Crippen LogP contribution in [0.15, 0.2) is 6.07 Å². The zero-order chi connectivity index (χ0) is 12.3. The molecule has 0 aliphatic carbocycles. The van der Waals surface area contributed by atoms with E-state index in [1.165, 1.54) is 5.56 Å². The van der Waals surface area contributed by atoms with Crippen LogP contribution in [-0.4, -0.2) is 13.2 Å². The molecule has 1 atom stereocenters. The van der Waals surface area contributed by atoms with Gasteiger partial charge in [-0.15, -0.1) is 0 Å². The van der Waals surface area contributed by atoms with E-state index in [4.69, 9.17) is 15.7 Å². The van der Waals surface area contributed by atoms with Crippen molar-refractivity contribution in [2.75, 3.05) is 7.11 Å². The second-order valence-corrected chi connectivity index (χ2v) is 4.09. The van der Waals surface area contributed by atoms with E-state index in [9.17, 15) is 0 Å². The summed E-state index contributed by atoms with van der Waals surface area (Å²) in [6.45, 7) is 6.10. The Balaban J connectivity index is 3.27. The van der Waals surface area contributed by atoms with Gasteiger partial charge in [0.1, 0.15) is 5.75 Å². The summed E-state index contributed by atoms with van der Waals surface area (Å²) in [7, 11) is 1.66. The standard InChI is InChI=1S/C13H18N2O/c1-8-5-9(2)12(6-11(15)7-14)13(16-4)10(8)3/h5,11H,6,15H2,1-4H3. The molecule has 0 aliphatic rings. The Bertz CT molecular complexity index is 433. The Morgan fingerprint density at radius 3 is 2.50 bits per heavy atom. The van der Waals surface area contributed by atoms with Crippen molar-refractivity contribution in [1.29, 1.82) is 5.26 Å². The van der Waals surface area contributed by atoms with Gasteiger partial charge in [0.15, 0.2) is 0 Å². The van der Waals surface area contributed by atoms with E-state index < -0.39 is 6.04 Å². The van der Waals surface area contributed by atoms with Gasteiger partial charge in [-0.2, -0.15) is 5.26 Å². The number of aryl methyl sites for hydroxylation is 2. The van der Waals surface area contributed by atoms with Crippen LogP contribution in [0.3, 0.4) is 0 Å². The maximum absolute atomic E-state index is 8.76. The number of nitrogens with zero attached hydrogens (tertiary/aromatic N) is 1. The normalized spacial score (nSPS) is 12.0. The number of benzene rings is 1. The molecule has 0 spiro atoms. The molecule has 0 saturated carbocycles. The van der Waals surface area contributed by atoms with Crippen LogP contribution in [0.2, 0.25) is 0 Å². The van der Waals surface area contributed by atoms with Crippen molar-refractivity contribution in [2.45, 2.75) is 33.2 Å². The minimum Gasteiger partial charge on any atom is -0.496 e. The predicted molar refractivity (Wildman–Crippen MR) is 64.5 cm³/mol. The molecule has 1 rings (SSSR count). The quantitative estimate of drug-likeness (QED) is 0.844. The highest BCUT2D eigenvalue weighted by Gasteiger charge is 2.14. The summed E-state index contributed by atoms with van der Waals surface area (Å²) in [6, 6.07) is 3.68. The summed E-state index contributed by atoms with van der Waals surface area (Å²) >= 11 is 0. The molecule has 16 heavy (non-hydrogen) atoms. The molecule has 1 aromatic rings. The Kier molecular flexibility index (Phi) is 3.92. The van der Waals surface area contributed by atoms with Gasteiger partial charge in [0.25, 0.3) is 0 Å². The fourth-order valence-corrected chi connectivity index (χ4v) is 1.90. The molecule has 0 saturated heterocycles. The highest BCUT2D eigenvalue weighted by molar-refractivity contribution is 5.50. The number of rotatable bonds is 3. The van der Waals surface area contributed by atoms with Crippen LogP contribution in [0.5, 0.6) is 5.75 Å². The van der Waals surface area contributed by atoms with E-state index >= 15 is 0 Å². The maximum Gasteiger partial charge on any atom is 0.125 e. The fraction of sp³-hybridized carbons (Fsp3) is 0.462. The number of nitrogens with two attached hydrogens (primary N) is 1. The van der Waals surface area contributed by atoms with Crippen molar-refractivity contribution >= 4 is 0 Å². The van der Waals surface area contributed by atoms with E-state index in [1.54, 1.807) is 7.11 Å². The molecule has 2 N–H and O–H groups in total. The summed E-state index contributed by atoms with van der Waals surface area (Å²) in [5, 5.41) is 8.76. The molecule has 3 heteroatoms. The summed E-state index contributed by atoms with van der Waals surface area (Å²) < 4.78 is 5.42. The van der Waals surface area contributed by atoms with E-state index in [1.807, 2.05) is 19.9 Å². The first-order valence-corrected chi connectivity index (χ1v) is 5.30. The van der Waals surface area contributed by atoms with Crippen LogP contribution in [0.25, 0.3) is 0 Å². The summed E-state index contributed by atoms with van der Waals surface area (Å²) in [5.74, 6) is 0.864. The lowest BCUT2D eigenvalue weighted by molar-refractivity contribution is 0.405. The van der Waals surface area contributed by atoms with Gasteiger partial charge in [-0.1, -0.05) is 6.07 Å². The molecule has 0 aliphatic heterocycles. The van der Waals surface area contributed by atoms with Crippen LogP contribution >= 0.6 is 0 Å². The zero-order valence-electron chi connectivity index (χ0n) is 10.3. The van der Waals surface area contributed by atoms with Gasteiger partial charge in [-0.25, -0.2) is 0 Å². The lowest BCUT2D eigenvalue weighted by atomic mass is 9.95. The number of ether oxygens (including phenoxy) is 1. The third-order valence-corrected chi connectivity index (χ3v) is 2.91. The number of hydrogen-bond acceptors (Lipinski definition) is 3. The van der Waals surface area contributed by atoms with E-state index in [-0.39, 0.29) is 0 Å².